The van der Waals surface area contributed by atoms with Crippen LogP contribution in [0.3, 0.4) is 0 Å². The standard InChI is InChI=1S/C18H13F6NO3/c1-10(26)11-2-4-15(5-3-11)28-9-16(27)25-14-7-12(17(19,20)21)6-13(8-14)18(22,23)24/h2-8H,9H2,1H3,(H,25,27). The molecule has 4 nitrogen and oxygen atoms in total. The number of halogens is 6. The summed E-state index contributed by atoms with van der Waals surface area (Å²) in [6.45, 7) is 0.699. The van der Waals surface area contributed by atoms with E-state index in [-0.39, 0.29) is 17.6 Å². The quantitative estimate of drug-likeness (QED) is 0.566. The van der Waals surface area contributed by atoms with Crippen LogP contribution in [0.15, 0.2) is 42.5 Å². The molecule has 0 heterocycles. The number of hydrogen-bond acceptors (Lipinski definition) is 3. The number of Topliss-reactive ketones (excluding diaryl/α,β-unsaturated/α-hetero) is 1. The van der Waals surface area contributed by atoms with Crippen LogP contribution in [-0.2, 0) is 17.1 Å². The van der Waals surface area contributed by atoms with E-state index in [0.29, 0.717) is 17.7 Å². The molecule has 1 N–H and O–H groups in total. The molecule has 0 aliphatic rings. The first kappa shape index (κ1) is 21.3. The summed E-state index contributed by atoms with van der Waals surface area (Å²) >= 11 is 0. The fraction of sp³-hybridized carbons (Fsp3) is 0.222. The topological polar surface area (TPSA) is 55.4 Å². The van der Waals surface area contributed by atoms with Crippen LogP contribution in [0.1, 0.15) is 28.4 Å². The molecular formula is C18H13F6NO3. The van der Waals surface area contributed by atoms with Crippen LogP contribution in [-0.4, -0.2) is 18.3 Å². The summed E-state index contributed by atoms with van der Waals surface area (Å²) in [7, 11) is 0. The van der Waals surface area contributed by atoms with Gasteiger partial charge in [0.05, 0.1) is 11.1 Å². The van der Waals surface area contributed by atoms with Crippen LogP contribution < -0.4 is 10.1 Å². The van der Waals surface area contributed by atoms with Crippen molar-refractivity contribution in [2.24, 2.45) is 0 Å². The molecule has 0 fully saturated rings. The summed E-state index contributed by atoms with van der Waals surface area (Å²) in [6.07, 6.45) is -10.0. The average molecular weight is 405 g/mol. The molecule has 0 aliphatic carbocycles. The third-order valence-electron chi connectivity index (χ3n) is 3.50. The van der Waals surface area contributed by atoms with E-state index in [2.05, 4.69) is 0 Å². The van der Waals surface area contributed by atoms with E-state index in [0.717, 1.165) is 0 Å². The third kappa shape index (κ3) is 5.73. The Kier molecular flexibility index (Phi) is 6.01. The molecular weight excluding hydrogens is 392 g/mol. The summed E-state index contributed by atoms with van der Waals surface area (Å²) in [5, 5.41) is 1.95. The molecule has 0 saturated heterocycles. The zero-order valence-electron chi connectivity index (χ0n) is 14.2. The number of ketones is 1. The van der Waals surface area contributed by atoms with Crippen LogP contribution in [0.5, 0.6) is 5.75 Å². The molecule has 10 heteroatoms. The van der Waals surface area contributed by atoms with Crippen molar-refractivity contribution in [3.05, 3.63) is 59.2 Å². The highest BCUT2D eigenvalue weighted by molar-refractivity contribution is 5.94. The summed E-state index contributed by atoms with van der Waals surface area (Å²) in [5.41, 5.74) is -3.35. The van der Waals surface area contributed by atoms with Gasteiger partial charge >= 0.3 is 12.4 Å². The number of nitrogens with one attached hydrogen (secondary N) is 1. The van der Waals surface area contributed by atoms with Crippen molar-refractivity contribution in [1.82, 2.24) is 0 Å². The lowest BCUT2D eigenvalue weighted by Gasteiger charge is -2.15. The van der Waals surface area contributed by atoms with Gasteiger partial charge in [-0.1, -0.05) is 0 Å². The smallest absolute Gasteiger partial charge is 0.416 e. The van der Waals surface area contributed by atoms with Crippen LogP contribution in [0.4, 0.5) is 32.0 Å². The molecule has 0 aromatic heterocycles. The van der Waals surface area contributed by atoms with Crippen LogP contribution in [0, 0.1) is 0 Å². The maximum absolute atomic E-state index is 12.8. The second-order valence-corrected chi connectivity index (χ2v) is 5.71. The summed E-state index contributed by atoms with van der Waals surface area (Å²) < 4.78 is 81.9. The van der Waals surface area contributed by atoms with Crippen molar-refractivity contribution in [2.75, 3.05) is 11.9 Å². The Morgan fingerprint density at radius 3 is 1.82 bits per heavy atom. The van der Waals surface area contributed by atoms with Crippen LogP contribution >= 0.6 is 0 Å². The van der Waals surface area contributed by atoms with Gasteiger partial charge < -0.3 is 10.1 Å². The molecule has 0 saturated carbocycles. The maximum atomic E-state index is 12.8. The summed E-state index contributed by atoms with van der Waals surface area (Å²) in [4.78, 5) is 23.0. The number of alkyl halides is 6. The number of amides is 1. The fourth-order valence-electron chi connectivity index (χ4n) is 2.16. The maximum Gasteiger partial charge on any atom is 0.416 e. The molecule has 0 aliphatic heterocycles. The molecule has 2 aromatic carbocycles. The lowest BCUT2D eigenvalue weighted by atomic mass is 10.1. The highest BCUT2D eigenvalue weighted by Gasteiger charge is 2.37. The predicted molar refractivity (Wildman–Crippen MR) is 87.0 cm³/mol. The van der Waals surface area contributed by atoms with E-state index in [9.17, 15) is 35.9 Å². The molecule has 28 heavy (non-hydrogen) atoms. The fourth-order valence-corrected chi connectivity index (χ4v) is 2.16. The summed E-state index contributed by atoms with van der Waals surface area (Å²) in [6, 6.07) is 6.44. The number of carbonyl (C=O) groups is 2. The second-order valence-electron chi connectivity index (χ2n) is 5.71. The van der Waals surface area contributed by atoms with E-state index in [1.807, 2.05) is 5.32 Å². The predicted octanol–water partition coefficient (Wildman–Crippen LogP) is 4.94. The minimum Gasteiger partial charge on any atom is -0.484 e. The van der Waals surface area contributed by atoms with Crippen molar-refractivity contribution in [3.63, 3.8) is 0 Å². The van der Waals surface area contributed by atoms with Gasteiger partial charge in [0.15, 0.2) is 12.4 Å². The minimum atomic E-state index is -5.02. The van der Waals surface area contributed by atoms with E-state index in [1.165, 1.54) is 31.2 Å². The average Bonchev–Trinajstić information content (AvgIpc) is 2.58. The van der Waals surface area contributed by atoms with Crippen molar-refractivity contribution in [3.8, 4) is 5.75 Å². The van der Waals surface area contributed by atoms with Gasteiger partial charge in [0.2, 0.25) is 0 Å². The third-order valence-corrected chi connectivity index (χ3v) is 3.50. The van der Waals surface area contributed by atoms with Gasteiger partial charge in [-0.15, -0.1) is 0 Å². The number of benzene rings is 2. The van der Waals surface area contributed by atoms with E-state index >= 15 is 0 Å². The summed E-state index contributed by atoms with van der Waals surface area (Å²) in [5.74, 6) is -0.947. The van der Waals surface area contributed by atoms with Crippen molar-refractivity contribution in [1.29, 1.82) is 0 Å². The Labute approximate surface area is 155 Å². The largest absolute Gasteiger partial charge is 0.484 e. The monoisotopic (exact) mass is 405 g/mol. The van der Waals surface area contributed by atoms with Crippen molar-refractivity contribution in [2.45, 2.75) is 19.3 Å². The van der Waals surface area contributed by atoms with Crippen molar-refractivity contribution < 1.29 is 40.7 Å². The highest BCUT2D eigenvalue weighted by atomic mass is 19.4. The Bertz CT molecular complexity index is 840. The molecule has 1 amide bonds. The molecule has 0 unspecified atom stereocenters. The number of carbonyl (C=O) groups excluding carboxylic acids is 2. The Morgan fingerprint density at radius 2 is 1.39 bits per heavy atom. The second kappa shape index (κ2) is 7.91. The molecule has 0 atom stereocenters. The first-order valence-corrected chi connectivity index (χ1v) is 7.69. The number of hydrogen-bond donors (Lipinski definition) is 1. The zero-order valence-corrected chi connectivity index (χ0v) is 14.2. The Morgan fingerprint density at radius 1 is 0.893 bits per heavy atom. The van der Waals surface area contributed by atoms with E-state index in [1.54, 1.807) is 0 Å². The number of ether oxygens (including phenoxy) is 1. The van der Waals surface area contributed by atoms with Gasteiger partial charge in [0, 0.05) is 11.3 Å². The molecule has 2 aromatic rings. The SMILES string of the molecule is CC(=O)c1ccc(OCC(=O)Nc2cc(C(F)(F)F)cc(C(F)(F)F)c2)cc1. The van der Waals surface area contributed by atoms with E-state index < -0.39 is 41.7 Å². The molecule has 0 radical (unpaired) electrons. The van der Waals surface area contributed by atoms with Gasteiger partial charge in [-0.2, -0.15) is 26.3 Å². The van der Waals surface area contributed by atoms with Gasteiger partial charge in [0.25, 0.3) is 5.91 Å². The van der Waals surface area contributed by atoms with Crippen molar-refractivity contribution >= 4 is 17.4 Å². The first-order chi connectivity index (χ1) is 12.9. The van der Waals surface area contributed by atoms with Crippen LogP contribution in [0.2, 0.25) is 0 Å². The van der Waals surface area contributed by atoms with Crippen LogP contribution in [0.25, 0.3) is 0 Å². The first-order valence-electron chi connectivity index (χ1n) is 7.69. The Hall–Kier alpha value is -3.04. The molecule has 0 spiro atoms. The van der Waals surface area contributed by atoms with Gasteiger partial charge in [-0.3, -0.25) is 9.59 Å². The zero-order chi connectivity index (χ0) is 21.1. The number of rotatable bonds is 5. The minimum absolute atomic E-state index is 0.0390. The molecule has 150 valence electrons. The normalized spacial score (nSPS) is 11.8. The molecule has 2 rings (SSSR count). The van der Waals surface area contributed by atoms with E-state index in [4.69, 9.17) is 4.74 Å². The lowest BCUT2D eigenvalue weighted by molar-refractivity contribution is -0.143. The van der Waals surface area contributed by atoms with Gasteiger partial charge in [-0.05, 0) is 49.4 Å². The lowest BCUT2D eigenvalue weighted by Crippen LogP contribution is -2.21. The Balaban J connectivity index is 2.11. The van der Waals surface area contributed by atoms with Gasteiger partial charge in [0.1, 0.15) is 5.75 Å². The van der Waals surface area contributed by atoms with Gasteiger partial charge in [-0.25, -0.2) is 0 Å². The molecule has 0 bridgehead atoms. The number of anilines is 1. The highest BCUT2D eigenvalue weighted by Crippen LogP contribution is 2.37.